The van der Waals surface area contributed by atoms with E-state index in [2.05, 4.69) is 26.6 Å². The predicted octanol–water partition coefficient (Wildman–Crippen LogP) is 3.40. The smallest absolute Gasteiger partial charge is 0.407 e. The van der Waals surface area contributed by atoms with Crippen LogP contribution in [0.15, 0.2) is 28.7 Å². The Morgan fingerprint density at radius 2 is 1.82 bits per heavy atom. The zero-order valence-electron chi connectivity index (χ0n) is 13.4. The van der Waals surface area contributed by atoms with Gasteiger partial charge < -0.3 is 15.4 Å². The Bertz CT molecular complexity index is 520. The molecule has 2 N–H and O–H groups in total. The van der Waals surface area contributed by atoms with E-state index in [-0.39, 0.29) is 24.5 Å². The van der Waals surface area contributed by atoms with Crippen LogP contribution < -0.4 is 10.6 Å². The lowest BCUT2D eigenvalue weighted by Crippen LogP contribution is -2.50. The van der Waals surface area contributed by atoms with Gasteiger partial charge in [-0.05, 0) is 31.4 Å². The third-order valence-corrected chi connectivity index (χ3v) is 3.95. The van der Waals surface area contributed by atoms with Crippen molar-refractivity contribution in [2.75, 3.05) is 6.61 Å². The van der Waals surface area contributed by atoms with E-state index in [0.29, 0.717) is 0 Å². The lowest BCUT2D eigenvalue weighted by atomic mass is 10.0. The molecular formula is C16H23BrN2O3. The largest absolute Gasteiger partial charge is 0.450 e. The van der Waals surface area contributed by atoms with Crippen LogP contribution in [0.4, 0.5) is 4.79 Å². The first-order valence-electron chi connectivity index (χ1n) is 7.34. The van der Waals surface area contributed by atoms with Crippen LogP contribution in [0.2, 0.25) is 0 Å². The SMILES string of the molecule is CCOC(=O)N[C@H](C(=O)N[C@H](C)c1ccccc1Br)C(C)C. The number of rotatable bonds is 6. The molecule has 2 amide bonds. The molecule has 0 aliphatic rings. The molecule has 6 heteroatoms. The van der Waals surface area contributed by atoms with E-state index in [1.54, 1.807) is 6.92 Å². The maximum atomic E-state index is 12.4. The van der Waals surface area contributed by atoms with Crippen LogP contribution in [0, 0.1) is 5.92 Å². The Labute approximate surface area is 139 Å². The zero-order valence-corrected chi connectivity index (χ0v) is 14.9. The summed E-state index contributed by atoms with van der Waals surface area (Å²) in [4.78, 5) is 24.0. The van der Waals surface area contributed by atoms with E-state index in [1.807, 2.05) is 45.0 Å². The number of carbonyl (C=O) groups is 2. The highest BCUT2D eigenvalue weighted by Crippen LogP contribution is 2.22. The third kappa shape index (κ3) is 5.33. The predicted molar refractivity (Wildman–Crippen MR) is 89.5 cm³/mol. The van der Waals surface area contributed by atoms with Gasteiger partial charge in [-0.2, -0.15) is 0 Å². The Kier molecular flexibility index (Phi) is 7.38. The molecule has 22 heavy (non-hydrogen) atoms. The number of alkyl carbamates (subject to hydrolysis) is 1. The van der Waals surface area contributed by atoms with Gasteiger partial charge in [-0.3, -0.25) is 4.79 Å². The summed E-state index contributed by atoms with van der Waals surface area (Å²) >= 11 is 3.47. The Morgan fingerprint density at radius 3 is 2.36 bits per heavy atom. The summed E-state index contributed by atoms with van der Waals surface area (Å²) in [5.41, 5.74) is 0.981. The van der Waals surface area contributed by atoms with Gasteiger partial charge in [0.05, 0.1) is 12.6 Å². The number of nitrogens with one attached hydrogen (secondary N) is 2. The molecule has 0 spiro atoms. The average molecular weight is 371 g/mol. The summed E-state index contributed by atoms with van der Waals surface area (Å²) < 4.78 is 5.78. The van der Waals surface area contributed by atoms with Crippen molar-refractivity contribution in [1.82, 2.24) is 10.6 Å². The quantitative estimate of drug-likeness (QED) is 0.806. The molecule has 0 aliphatic carbocycles. The minimum atomic E-state index is -0.635. The molecule has 0 aromatic heterocycles. The maximum Gasteiger partial charge on any atom is 0.407 e. The summed E-state index contributed by atoms with van der Waals surface area (Å²) in [6.45, 7) is 7.64. The topological polar surface area (TPSA) is 67.4 Å². The van der Waals surface area contributed by atoms with Gasteiger partial charge in [-0.1, -0.05) is 48.0 Å². The fourth-order valence-corrected chi connectivity index (χ4v) is 2.67. The van der Waals surface area contributed by atoms with Crippen molar-refractivity contribution in [2.24, 2.45) is 5.92 Å². The van der Waals surface area contributed by atoms with Crippen molar-refractivity contribution < 1.29 is 14.3 Å². The number of amides is 2. The number of halogens is 1. The van der Waals surface area contributed by atoms with Crippen molar-refractivity contribution in [3.05, 3.63) is 34.3 Å². The van der Waals surface area contributed by atoms with Gasteiger partial charge in [0.2, 0.25) is 5.91 Å². The first-order valence-corrected chi connectivity index (χ1v) is 8.14. The molecule has 0 heterocycles. The standard InChI is InChI=1S/C16H23BrN2O3/c1-5-22-16(21)19-14(10(2)3)15(20)18-11(4)12-8-6-7-9-13(12)17/h6-11,14H,5H2,1-4H3,(H,18,20)(H,19,21)/t11-,14+/m1/s1. The van der Waals surface area contributed by atoms with Crippen molar-refractivity contribution in [3.63, 3.8) is 0 Å². The van der Waals surface area contributed by atoms with Gasteiger partial charge in [-0.25, -0.2) is 4.79 Å². The maximum absolute atomic E-state index is 12.4. The number of hydrogen-bond donors (Lipinski definition) is 2. The summed E-state index contributed by atoms with van der Waals surface area (Å²) in [6, 6.07) is 6.89. The first kappa shape index (κ1) is 18.5. The monoisotopic (exact) mass is 370 g/mol. The summed E-state index contributed by atoms with van der Waals surface area (Å²) in [6.07, 6.45) is -0.579. The van der Waals surface area contributed by atoms with Crippen molar-refractivity contribution in [1.29, 1.82) is 0 Å². The summed E-state index contributed by atoms with van der Waals surface area (Å²) in [5.74, 6) is -0.276. The fourth-order valence-electron chi connectivity index (χ4n) is 2.04. The van der Waals surface area contributed by atoms with E-state index < -0.39 is 12.1 Å². The fraction of sp³-hybridized carbons (Fsp3) is 0.500. The number of hydrogen-bond acceptors (Lipinski definition) is 3. The van der Waals surface area contributed by atoms with Crippen LogP contribution in [-0.4, -0.2) is 24.6 Å². The van der Waals surface area contributed by atoms with Crippen LogP contribution >= 0.6 is 15.9 Å². The third-order valence-electron chi connectivity index (χ3n) is 3.23. The Hall–Kier alpha value is -1.56. The first-order chi connectivity index (χ1) is 10.4. The van der Waals surface area contributed by atoms with Crippen LogP contribution in [0.1, 0.15) is 39.3 Å². The molecular weight excluding hydrogens is 348 g/mol. The van der Waals surface area contributed by atoms with Gasteiger partial charge in [0.15, 0.2) is 0 Å². The van der Waals surface area contributed by atoms with Crippen LogP contribution in [0.5, 0.6) is 0 Å². The van der Waals surface area contributed by atoms with E-state index >= 15 is 0 Å². The van der Waals surface area contributed by atoms with Gasteiger partial charge in [-0.15, -0.1) is 0 Å². The Morgan fingerprint density at radius 1 is 1.18 bits per heavy atom. The second kappa shape index (κ2) is 8.78. The van der Waals surface area contributed by atoms with Gasteiger partial charge in [0.25, 0.3) is 0 Å². The normalized spacial score (nSPS) is 13.4. The molecule has 2 atom stereocenters. The van der Waals surface area contributed by atoms with Crippen molar-refractivity contribution >= 4 is 27.9 Å². The van der Waals surface area contributed by atoms with Gasteiger partial charge >= 0.3 is 6.09 Å². The van der Waals surface area contributed by atoms with E-state index in [1.165, 1.54) is 0 Å². The molecule has 0 unspecified atom stereocenters. The lowest BCUT2D eigenvalue weighted by Gasteiger charge is -2.24. The summed E-state index contributed by atoms with van der Waals surface area (Å²) in [7, 11) is 0. The van der Waals surface area contributed by atoms with Crippen LogP contribution in [-0.2, 0) is 9.53 Å². The lowest BCUT2D eigenvalue weighted by molar-refractivity contribution is -0.124. The molecule has 0 saturated carbocycles. The van der Waals surface area contributed by atoms with Crippen LogP contribution in [0.25, 0.3) is 0 Å². The Balaban J connectivity index is 2.75. The number of carbonyl (C=O) groups excluding carboxylic acids is 2. The van der Waals surface area contributed by atoms with Crippen molar-refractivity contribution in [2.45, 2.75) is 39.8 Å². The molecule has 122 valence electrons. The van der Waals surface area contributed by atoms with Gasteiger partial charge in [0, 0.05) is 4.47 Å². The molecule has 1 aromatic rings. The highest BCUT2D eigenvalue weighted by Gasteiger charge is 2.26. The minimum absolute atomic E-state index is 0.0455. The van der Waals surface area contributed by atoms with E-state index in [9.17, 15) is 9.59 Å². The second-order valence-electron chi connectivity index (χ2n) is 5.34. The van der Waals surface area contributed by atoms with Gasteiger partial charge in [0.1, 0.15) is 6.04 Å². The second-order valence-corrected chi connectivity index (χ2v) is 6.19. The highest BCUT2D eigenvalue weighted by molar-refractivity contribution is 9.10. The zero-order chi connectivity index (χ0) is 16.7. The molecule has 0 saturated heterocycles. The molecule has 0 aliphatic heterocycles. The summed E-state index contributed by atoms with van der Waals surface area (Å²) in [5, 5.41) is 5.53. The molecule has 0 bridgehead atoms. The molecule has 1 aromatic carbocycles. The van der Waals surface area contributed by atoms with E-state index in [0.717, 1.165) is 10.0 Å². The molecule has 0 radical (unpaired) electrons. The molecule has 0 fully saturated rings. The van der Waals surface area contributed by atoms with Crippen molar-refractivity contribution in [3.8, 4) is 0 Å². The molecule has 1 rings (SSSR count). The number of benzene rings is 1. The minimum Gasteiger partial charge on any atom is -0.450 e. The molecule has 5 nitrogen and oxygen atoms in total. The number of ether oxygens (including phenoxy) is 1. The van der Waals surface area contributed by atoms with Crippen LogP contribution in [0.3, 0.4) is 0 Å². The van der Waals surface area contributed by atoms with E-state index in [4.69, 9.17) is 4.74 Å². The highest BCUT2D eigenvalue weighted by atomic mass is 79.9. The average Bonchev–Trinajstić information content (AvgIpc) is 2.44.